The average Bonchev–Trinajstić information content (AvgIpc) is 3.11. The van der Waals surface area contributed by atoms with Crippen LogP contribution in [0.1, 0.15) is 22.9 Å². The van der Waals surface area contributed by atoms with E-state index in [4.69, 9.17) is 16.0 Å². The monoisotopic (exact) mass is 291 g/mol. The Morgan fingerprint density at radius 1 is 1.30 bits per heavy atom. The van der Waals surface area contributed by atoms with Gasteiger partial charge in [-0.1, -0.05) is 23.7 Å². The summed E-state index contributed by atoms with van der Waals surface area (Å²) < 4.78 is 19.5. The molecule has 1 atom stereocenters. The maximum absolute atomic E-state index is 14.3. The van der Waals surface area contributed by atoms with E-state index >= 15 is 0 Å². The number of halogens is 2. The SMILES string of the molecule is Fc1c(Cl)cccc1C(Cc1cnco1)c1cnc[nH]1. The molecule has 1 N–H and O–H groups in total. The fraction of sp³-hybridized carbons (Fsp3) is 0.143. The van der Waals surface area contributed by atoms with Gasteiger partial charge in [0.25, 0.3) is 0 Å². The molecule has 0 aliphatic carbocycles. The molecule has 0 fully saturated rings. The van der Waals surface area contributed by atoms with Gasteiger partial charge in [0.2, 0.25) is 0 Å². The molecular weight excluding hydrogens is 281 g/mol. The summed E-state index contributed by atoms with van der Waals surface area (Å²) in [6, 6.07) is 4.96. The van der Waals surface area contributed by atoms with E-state index in [1.54, 1.807) is 30.9 Å². The van der Waals surface area contributed by atoms with Crippen LogP contribution in [0.5, 0.6) is 0 Å². The summed E-state index contributed by atoms with van der Waals surface area (Å²) in [7, 11) is 0. The minimum absolute atomic E-state index is 0.101. The molecule has 6 heteroatoms. The highest BCUT2D eigenvalue weighted by molar-refractivity contribution is 6.30. The zero-order chi connectivity index (χ0) is 13.9. The predicted octanol–water partition coefficient (Wildman–Crippen LogP) is 3.56. The van der Waals surface area contributed by atoms with Gasteiger partial charge in [0.1, 0.15) is 11.6 Å². The van der Waals surface area contributed by atoms with Crippen LogP contribution in [0.25, 0.3) is 0 Å². The van der Waals surface area contributed by atoms with Gasteiger partial charge < -0.3 is 9.40 Å². The van der Waals surface area contributed by atoms with Crippen LogP contribution in [0.15, 0.2) is 47.7 Å². The summed E-state index contributed by atoms with van der Waals surface area (Å²) in [6.45, 7) is 0. The van der Waals surface area contributed by atoms with Gasteiger partial charge in [0.15, 0.2) is 6.39 Å². The summed E-state index contributed by atoms with van der Waals surface area (Å²) in [5, 5.41) is 0.101. The Morgan fingerprint density at radius 2 is 2.20 bits per heavy atom. The van der Waals surface area contributed by atoms with E-state index in [0.29, 0.717) is 17.7 Å². The molecule has 0 amide bonds. The van der Waals surface area contributed by atoms with Crippen molar-refractivity contribution >= 4 is 11.6 Å². The van der Waals surface area contributed by atoms with Gasteiger partial charge in [0.05, 0.1) is 17.5 Å². The number of aromatic nitrogens is 3. The van der Waals surface area contributed by atoms with Crippen molar-refractivity contribution in [2.75, 3.05) is 0 Å². The smallest absolute Gasteiger partial charge is 0.180 e. The maximum atomic E-state index is 14.3. The first-order chi connectivity index (χ1) is 9.75. The van der Waals surface area contributed by atoms with Crippen LogP contribution in [0.4, 0.5) is 4.39 Å². The van der Waals surface area contributed by atoms with Crippen LogP contribution in [0.2, 0.25) is 5.02 Å². The Balaban J connectivity index is 2.03. The minimum Gasteiger partial charge on any atom is -0.448 e. The summed E-state index contributed by atoms with van der Waals surface area (Å²) in [5.74, 6) is -0.0126. The average molecular weight is 292 g/mol. The molecule has 3 rings (SSSR count). The number of H-pyrrole nitrogens is 1. The lowest BCUT2D eigenvalue weighted by molar-refractivity contribution is 0.486. The van der Waals surface area contributed by atoms with Gasteiger partial charge in [-0.25, -0.2) is 14.4 Å². The third-order valence-electron chi connectivity index (χ3n) is 3.14. The number of hydrogen-bond donors (Lipinski definition) is 1. The Bertz CT molecular complexity index is 683. The van der Waals surface area contributed by atoms with E-state index in [2.05, 4.69) is 15.0 Å². The lowest BCUT2D eigenvalue weighted by Gasteiger charge is -2.15. The zero-order valence-corrected chi connectivity index (χ0v) is 11.1. The van der Waals surface area contributed by atoms with Crippen molar-refractivity contribution in [1.82, 2.24) is 15.0 Å². The molecule has 2 aromatic heterocycles. The number of nitrogens with one attached hydrogen (secondary N) is 1. The fourth-order valence-electron chi connectivity index (χ4n) is 2.18. The van der Waals surface area contributed by atoms with Crippen LogP contribution >= 0.6 is 11.6 Å². The molecule has 1 unspecified atom stereocenters. The Kier molecular flexibility index (Phi) is 3.52. The van der Waals surface area contributed by atoms with E-state index in [1.807, 2.05) is 0 Å². The number of nitrogens with zero attached hydrogens (tertiary/aromatic N) is 2. The quantitative estimate of drug-likeness (QED) is 0.799. The summed E-state index contributed by atoms with van der Waals surface area (Å²) in [6.07, 6.45) is 6.67. The van der Waals surface area contributed by atoms with Crippen LogP contribution < -0.4 is 0 Å². The molecule has 0 spiro atoms. The van der Waals surface area contributed by atoms with Gasteiger partial charge in [-0.05, 0) is 11.6 Å². The third-order valence-corrected chi connectivity index (χ3v) is 3.43. The van der Waals surface area contributed by atoms with Gasteiger partial charge >= 0.3 is 0 Å². The third kappa shape index (κ3) is 2.44. The van der Waals surface area contributed by atoms with Gasteiger partial charge in [-0.15, -0.1) is 0 Å². The van der Waals surface area contributed by atoms with Crippen LogP contribution in [-0.4, -0.2) is 15.0 Å². The second-order valence-electron chi connectivity index (χ2n) is 4.37. The minimum atomic E-state index is -0.423. The lowest BCUT2D eigenvalue weighted by atomic mass is 9.91. The Hall–Kier alpha value is -2.14. The fourth-order valence-corrected chi connectivity index (χ4v) is 2.36. The Labute approximate surface area is 119 Å². The molecular formula is C14H11ClFN3O. The second kappa shape index (κ2) is 5.46. The van der Waals surface area contributed by atoms with E-state index in [9.17, 15) is 4.39 Å². The number of rotatable bonds is 4. The van der Waals surface area contributed by atoms with Gasteiger partial charge in [-0.2, -0.15) is 0 Å². The largest absolute Gasteiger partial charge is 0.448 e. The van der Waals surface area contributed by atoms with Crippen LogP contribution in [0, 0.1) is 5.82 Å². The second-order valence-corrected chi connectivity index (χ2v) is 4.78. The Morgan fingerprint density at radius 3 is 2.90 bits per heavy atom. The highest BCUT2D eigenvalue weighted by Crippen LogP contribution is 2.31. The summed E-state index contributed by atoms with van der Waals surface area (Å²) in [4.78, 5) is 10.9. The molecule has 4 nitrogen and oxygen atoms in total. The molecule has 1 aromatic carbocycles. The highest BCUT2D eigenvalue weighted by Gasteiger charge is 2.22. The van der Waals surface area contributed by atoms with Crippen LogP contribution in [-0.2, 0) is 6.42 Å². The van der Waals surface area contributed by atoms with Gasteiger partial charge in [0, 0.05) is 24.2 Å². The van der Waals surface area contributed by atoms with Crippen molar-refractivity contribution in [3.05, 3.63) is 71.2 Å². The van der Waals surface area contributed by atoms with Crippen molar-refractivity contribution < 1.29 is 8.81 Å². The molecule has 102 valence electrons. The van der Waals surface area contributed by atoms with Crippen LogP contribution in [0.3, 0.4) is 0 Å². The predicted molar refractivity (Wildman–Crippen MR) is 72.0 cm³/mol. The van der Waals surface area contributed by atoms with Crippen molar-refractivity contribution in [2.24, 2.45) is 0 Å². The topological polar surface area (TPSA) is 54.7 Å². The van der Waals surface area contributed by atoms with Gasteiger partial charge in [-0.3, -0.25) is 0 Å². The highest BCUT2D eigenvalue weighted by atomic mass is 35.5. The standard InChI is InChI=1S/C14H11ClFN3O/c15-12-3-1-2-10(14(12)16)11(13-6-17-7-19-13)4-9-5-18-8-20-9/h1-3,5-8,11H,4H2,(H,17,19). The molecule has 20 heavy (non-hydrogen) atoms. The number of benzene rings is 1. The molecule has 0 aliphatic heterocycles. The number of imidazole rings is 1. The first-order valence-electron chi connectivity index (χ1n) is 6.05. The molecule has 0 saturated carbocycles. The molecule has 0 saturated heterocycles. The van der Waals surface area contributed by atoms with Crippen molar-refractivity contribution in [2.45, 2.75) is 12.3 Å². The molecule has 2 heterocycles. The number of hydrogen-bond acceptors (Lipinski definition) is 3. The first-order valence-corrected chi connectivity index (χ1v) is 6.43. The number of aromatic amines is 1. The van der Waals surface area contributed by atoms with E-state index in [1.165, 1.54) is 12.5 Å². The molecule has 0 bridgehead atoms. The maximum Gasteiger partial charge on any atom is 0.180 e. The zero-order valence-electron chi connectivity index (χ0n) is 10.4. The molecule has 0 aliphatic rings. The first kappa shape index (κ1) is 12.9. The number of oxazole rings is 1. The molecule has 3 aromatic rings. The van der Waals surface area contributed by atoms with E-state index in [-0.39, 0.29) is 10.9 Å². The van der Waals surface area contributed by atoms with E-state index in [0.717, 1.165) is 5.69 Å². The molecule has 0 radical (unpaired) electrons. The normalized spacial score (nSPS) is 12.5. The summed E-state index contributed by atoms with van der Waals surface area (Å²) in [5.41, 5.74) is 1.29. The van der Waals surface area contributed by atoms with Crippen molar-refractivity contribution in [1.29, 1.82) is 0 Å². The van der Waals surface area contributed by atoms with Crippen molar-refractivity contribution in [3.63, 3.8) is 0 Å². The van der Waals surface area contributed by atoms with Crippen molar-refractivity contribution in [3.8, 4) is 0 Å². The van der Waals surface area contributed by atoms with E-state index < -0.39 is 5.82 Å². The summed E-state index contributed by atoms with van der Waals surface area (Å²) >= 11 is 5.86. The lowest BCUT2D eigenvalue weighted by Crippen LogP contribution is -2.07.